The third-order valence-corrected chi connectivity index (χ3v) is 3.24. The number of ether oxygens (including phenoxy) is 1. The quantitative estimate of drug-likeness (QED) is 0.619. The van der Waals surface area contributed by atoms with Crippen molar-refractivity contribution < 1.29 is 18.3 Å². The summed E-state index contributed by atoms with van der Waals surface area (Å²) >= 11 is 1.81. The zero-order valence-electron chi connectivity index (χ0n) is 8.05. The highest BCUT2D eigenvalue weighted by molar-refractivity contribution is 14.1. The molecule has 1 heterocycles. The predicted molar refractivity (Wildman–Crippen MR) is 58.0 cm³/mol. The van der Waals surface area contributed by atoms with Gasteiger partial charge in [0.25, 0.3) is 6.43 Å². The molecule has 6 heteroatoms. The minimum atomic E-state index is -2.59. The molecule has 82 valence electrons. The molecule has 3 nitrogen and oxygen atoms in total. The highest BCUT2D eigenvalue weighted by atomic mass is 127. The van der Waals surface area contributed by atoms with Crippen molar-refractivity contribution in [3.63, 3.8) is 0 Å². The third kappa shape index (κ3) is 2.42. The molecule has 0 aliphatic rings. The average Bonchev–Trinajstić information content (AvgIpc) is 2.20. The molecular weight excluding hydrogens is 319 g/mol. The molecule has 1 aromatic heterocycles. The van der Waals surface area contributed by atoms with Crippen LogP contribution in [0.5, 0.6) is 0 Å². The van der Waals surface area contributed by atoms with Crippen LogP contribution in [-0.4, -0.2) is 18.1 Å². The van der Waals surface area contributed by atoms with E-state index in [1.54, 1.807) is 22.6 Å². The van der Waals surface area contributed by atoms with E-state index in [9.17, 15) is 13.6 Å². The topological polar surface area (TPSA) is 39.2 Å². The molecular formula is C9H8F2INO2. The third-order valence-electron chi connectivity index (χ3n) is 1.92. The van der Waals surface area contributed by atoms with Gasteiger partial charge in [-0.15, -0.1) is 0 Å². The van der Waals surface area contributed by atoms with Crippen molar-refractivity contribution in [1.82, 2.24) is 4.98 Å². The first-order valence-corrected chi connectivity index (χ1v) is 5.08. The number of hydrogen-bond donors (Lipinski definition) is 0. The predicted octanol–water partition coefficient (Wildman–Crippen LogP) is 2.72. The van der Waals surface area contributed by atoms with Crippen LogP contribution in [-0.2, 0) is 4.74 Å². The van der Waals surface area contributed by atoms with Crippen molar-refractivity contribution in [2.75, 3.05) is 7.11 Å². The molecule has 15 heavy (non-hydrogen) atoms. The maximum absolute atomic E-state index is 12.5. The van der Waals surface area contributed by atoms with Gasteiger partial charge in [-0.3, -0.25) is 0 Å². The van der Waals surface area contributed by atoms with Crippen molar-refractivity contribution in [3.8, 4) is 0 Å². The van der Waals surface area contributed by atoms with E-state index < -0.39 is 12.4 Å². The molecule has 1 rings (SSSR count). The summed E-state index contributed by atoms with van der Waals surface area (Å²) in [7, 11) is 1.22. The van der Waals surface area contributed by atoms with Crippen molar-refractivity contribution in [3.05, 3.63) is 26.6 Å². The molecule has 0 bridgehead atoms. The molecule has 0 aliphatic carbocycles. The number of carbonyl (C=O) groups is 1. The Hall–Kier alpha value is -0.790. The molecule has 0 saturated carbocycles. The van der Waals surface area contributed by atoms with E-state index in [-0.39, 0.29) is 11.3 Å². The van der Waals surface area contributed by atoms with Crippen molar-refractivity contribution >= 4 is 28.6 Å². The zero-order valence-corrected chi connectivity index (χ0v) is 10.2. The van der Waals surface area contributed by atoms with Gasteiger partial charge < -0.3 is 4.74 Å². The Bertz CT molecular complexity index is 396. The molecule has 0 aromatic carbocycles. The number of methoxy groups -OCH3 is 1. The summed E-state index contributed by atoms with van der Waals surface area (Å²) in [6, 6.07) is 0. The fraction of sp³-hybridized carbons (Fsp3) is 0.333. The summed E-state index contributed by atoms with van der Waals surface area (Å²) in [5.41, 5.74) is 0.271. The maximum atomic E-state index is 12.5. The van der Waals surface area contributed by atoms with Gasteiger partial charge in [0.15, 0.2) is 5.69 Å². The highest BCUT2D eigenvalue weighted by Crippen LogP contribution is 2.26. The second-order valence-corrected chi connectivity index (χ2v) is 3.87. The number of aromatic nitrogens is 1. The van der Waals surface area contributed by atoms with E-state index in [4.69, 9.17) is 0 Å². The minimum Gasteiger partial charge on any atom is -0.464 e. The molecule has 0 unspecified atom stereocenters. The molecule has 0 saturated heterocycles. The number of pyridine rings is 1. The fourth-order valence-electron chi connectivity index (χ4n) is 1.05. The van der Waals surface area contributed by atoms with Gasteiger partial charge in [-0.2, -0.15) is 0 Å². The first-order chi connectivity index (χ1) is 6.99. The van der Waals surface area contributed by atoms with Gasteiger partial charge in [-0.05, 0) is 35.1 Å². The minimum absolute atomic E-state index is 0.0694. The van der Waals surface area contributed by atoms with E-state index in [1.165, 1.54) is 14.0 Å². The Balaban J connectivity index is 3.27. The second kappa shape index (κ2) is 4.82. The first kappa shape index (κ1) is 12.3. The lowest BCUT2D eigenvalue weighted by molar-refractivity contribution is 0.0592. The SMILES string of the molecule is COC(=O)c1ncc(C(F)F)c(C)c1I. The Labute approximate surface area is 99.0 Å². The van der Waals surface area contributed by atoms with E-state index in [0.29, 0.717) is 9.13 Å². The van der Waals surface area contributed by atoms with Crippen molar-refractivity contribution in [1.29, 1.82) is 0 Å². The fourth-order valence-corrected chi connectivity index (χ4v) is 1.72. The van der Waals surface area contributed by atoms with Gasteiger partial charge in [-0.1, -0.05) is 0 Å². The number of carbonyl (C=O) groups excluding carboxylic acids is 1. The molecule has 0 fully saturated rings. The molecule has 0 spiro atoms. The van der Waals surface area contributed by atoms with Crippen LogP contribution in [0.4, 0.5) is 8.78 Å². The number of rotatable bonds is 2. The number of halogens is 3. The summed E-state index contributed by atoms with van der Waals surface area (Å²) in [5, 5.41) is 0. The molecule has 0 radical (unpaired) electrons. The smallest absolute Gasteiger partial charge is 0.357 e. The summed E-state index contributed by atoms with van der Waals surface area (Å²) in [4.78, 5) is 14.9. The van der Waals surface area contributed by atoms with Gasteiger partial charge in [0.05, 0.1) is 7.11 Å². The first-order valence-electron chi connectivity index (χ1n) is 4.00. The van der Waals surface area contributed by atoms with Crippen LogP contribution >= 0.6 is 22.6 Å². The van der Waals surface area contributed by atoms with Gasteiger partial charge in [-0.25, -0.2) is 18.6 Å². The number of esters is 1. The normalized spacial score (nSPS) is 10.5. The molecule has 0 amide bonds. The van der Waals surface area contributed by atoms with Crippen LogP contribution in [0.3, 0.4) is 0 Å². The van der Waals surface area contributed by atoms with Gasteiger partial charge in [0.2, 0.25) is 0 Å². The molecule has 0 atom stereocenters. The van der Waals surface area contributed by atoms with Crippen LogP contribution in [0.25, 0.3) is 0 Å². The number of nitrogens with zero attached hydrogens (tertiary/aromatic N) is 1. The van der Waals surface area contributed by atoms with Gasteiger partial charge in [0.1, 0.15) is 0 Å². The van der Waals surface area contributed by atoms with E-state index in [0.717, 1.165) is 6.20 Å². The van der Waals surface area contributed by atoms with Crippen LogP contribution in [0.1, 0.15) is 28.0 Å². The van der Waals surface area contributed by atoms with Crippen LogP contribution < -0.4 is 0 Å². The Kier molecular flexibility index (Phi) is 3.95. The maximum Gasteiger partial charge on any atom is 0.357 e. The van der Waals surface area contributed by atoms with Crippen molar-refractivity contribution in [2.45, 2.75) is 13.3 Å². The molecule has 0 aliphatic heterocycles. The van der Waals surface area contributed by atoms with E-state index in [1.807, 2.05) is 0 Å². The van der Waals surface area contributed by atoms with Crippen LogP contribution in [0.15, 0.2) is 6.20 Å². The largest absolute Gasteiger partial charge is 0.464 e. The lowest BCUT2D eigenvalue weighted by atomic mass is 10.1. The highest BCUT2D eigenvalue weighted by Gasteiger charge is 2.19. The summed E-state index contributed by atoms with van der Waals surface area (Å²) < 4.78 is 29.8. The molecule has 1 aromatic rings. The lowest BCUT2D eigenvalue weighted by Gasteiger charge is -2.09. The zero-order chi connectivity index (χ0) is 11.6. The van der Waals surface area contributed by atoms with Crippen LogP contribution in [0, 0.1) is 10.5 Å². The Morgan fingerprint density at radius 1 is 1.60 bits per heavy atom. The average molecular weight is 327 g/mol. The standard InChI is InChI=1S/C9H8F2INO2/c1-4-5(8(10)11)3-13-7(6(4)12)9(14)15-2/h3,8H,1-2H3. The van der Waals surface area contributed by atoms with Crippen LogP contribution in [0.2, 0.25) is 0 Å². The monoisotopic (exact) mass is 327 g/mol. The lowest BCUT2D eigenvalue weighted by Crippen LogP contribution is -2.09. The summed E-state index contributed by atoms with van der Waals surface area (Å²) in [6.07, 6.45) is -1.58. The Morgan fingerprint density at radius 3 is 2.67 bits per heavy atom. The Morgan fingerprint density at radius 2 is 2.20 bits per heavy atom. The van der Waals surface area contributed by atoms with Crippen molar-refractivity contribution in [2.24, 2.45) is 0 Å². The number of alkyl halides is 2. The summed E-state index contributed by atoms with van der Waals surface area (Å²) in [5.74, 6) is -0.622. The van der Waals surface area contributed by atoms with Gasteiger partial charge in [0, 0.05) is 15.3 Å². The second-order valence-electron chi connectivity index (χ2n) is 2.79. The number of hydrogen-bond acceptors (Lipinski definition) is 3. The molecule has 0 N–H and O–H groups in total. The van der Waals surface area contributed by atoms with E-state index in [2.05, 4.69) is 9.72 Å². The summed E-state index contributed by atoms with van der Waals surface area (Å²) in [6.45, 7) is 1.53. The van der Waals surface area contributed by atoms with E-state index >= 15 is 0 Å². The van der Waals surface area contributed by atoms with Gasteiger partial charge >= 0.3 is 5.97 Å².